The average Bonchev–Trinajstić information content (AvgIpc) is 2.34. The van der Waals surface area contributed by atoms with Crippen molar-refractivity contribution in [2.45, 2.75) is 57.8 Å². The molecule has 1 aliphatic carbocycles. The molecule has 0 aromatic rings. The van der Waals surface area contributed by atoms with E-state index in [0.717, 1.165) is 6.42 Å². The molecule has 0 aromatic carbocycles. The first-order valence-corrected chi connectivity index (χ1v) is 6.68. The average molecular weight is 281 g/mol. The minimum absolute atomic E-state index is 0.108. The van der Waals surface area contributed by atoms with Crippen molar-refractivity contribution in [2.75, 3.05) is 7.11 Å². The fraction of sp³-hybridized carbons (Fsp3) is 0.923. The van der Waals surface area contributed by atoms with Crippen molar-refractivity contribution < 1.29 is 22.7 Å². The van der Waals surface area contributed by atoms with Gasteiger partial charge in [-0.3, -0.25) is 4.79 Å². The maximum Gasteiger partial charge on any atom is 0.393 e. The Hall–Kier alpha value is -0.780. The number of hydrogen-bond donors (Lipinski definition) is 1. The van der Waals surface area contributed by atoms with E-state index in [1.165, 1.54) is 7.11 Å². The van der Waals surface area contributed by atoms with E-state index in [9.17, 15) is 18.0 Å². The number of esters is 1. The number of halogens is 3. The molecule has 112 valence electrons. The van der Waals surface area contributed by atoms with E-state index in [4.69, 9.17) is 0 Å². The fourth-order valence-electron chi connectivity index (χ4n) is 2.61. The van der Waals surface area contributed by atoms with Gasteiger partial charge in [-0.25, -0.2) is 0 Å². The number of carbonyl (C=O) groups is 1. The summed E-state index contributed by atoms with van der Waals surface area (Å²) in [5.74, 6) is -1.98. The molecule has 19 heavy (non-hydrogen) atoms. The number of alkyl halides is 3. The molecule has 0 bridgehead atoms. The lowest BCUT2D eigenvalue weighted by atomic mass is 9.83. The molecule has 0 radical (unpaired) electrons. The van der Waals surface area contributed by atoms with E-state index >= 15 is 0 Å². The Morgan fingerprint density at radius 2 is 1.84 bits per heavy atom. The van der Waals surface area contributed by atoms with Crippen molar-refractivity contribution in [1.82, 2.24) is 5.32 Å². The summed E-state index contributed by atoms with van der Waals surface area (Å²) in [5, 5.41) is 2.87. The first-order chi connectivity index (χ1) is 8.77. The Balaban J connectivity index is 2.77. The van der Waals surface area contributed by atoms with Crippen LogP contribution in [0.2, 0.25) is 0 Å². The third kappa shape index (κ3) is 4.37. The molecule has 1 saturated carbocycles. The lowest BCUT2D eigenvalue weighted by Crippen LogP contribution is -2.53. The fourth-order valence-corrected chi connectivity index (χ4v) is 2.61. The van der Waals surface area contributed by atoms with Crippen molar-refractivity contribution in [2.24, 2.45) is 11.8 Å². The lowest BCUT2D eigenvalue weighted by molar-refractivity contribution is -0.190. The van der Waals surface area contributed by atoms with Crippen LogP contribution in [0.5, 0.6) is 0 Å². The van der Waals surface area contributed by atoms with E-state index < -0.39 is 30.1 Å². The van der Waals surface area contributed by atoms with Crippen LogP contribution in [0, 0.1) is 11.8 Å². The third-order valence-corrected chi connectivity index (χ3v) is 3.70. The van der Waals surface area contributed by atoms with Gasteiger partial charge in [-0.15, -0.1) is 0 Å². The van der Waals surface area contributed by atoms with Gasteiger partial charge in [0.15, 0.2) is 0 Å². The monoisotopic (exact) mass is 281 g/mol. The molecule has 0 heterocycles. The standard InChI is InChI=1S/C13H22F3NO2/c1-8(2)11(12(18)19-3)17-10-7-5-4-6-9(10)13(14,15)16/h8-11,17H,4-7H2,1-3H3. The Labute approximate surface area is 111 Å². The number of rotatable bonds is 4. The summed E-state index contributed by atoms with van der Waals surface area (Å²) in [4.78, 5) is 11.6. The second-order valence-electron chi connectivity index (χ2n) is 5.45. The van der Waals surface area contributed by atoms with E-state index in [0.29, 0.717) is 12.8 Å². The first kappa shape index (κ1) is 16.3. The Morgan fingerprint density at radius 1 is 1.26 bits per heavy atom. The number of nitrogens with one attached hydrogen (secondary N) is 1. The van der Waals surface area contributed by atoms with Crippen molar-refractivity contribution in [3.8, 4) is 0 Å². The largest absolute Gasteiger partial charge is 0.468 e. The first-order valence-electron chi connectivity index (χ1n) is 6.68. The van der Waals surface area contributed by atoms with Crippen molar-refractivity contribution >= 4 is 5.97 Å². The Morgan fingerprint density at radius 3 is 2.32 bits per heavy atom. The zero-order valence-corrected chi connectivity index (χ0v) is 11.6. The van der Waals surface area contributed by atoms with Gasteiger partial charge in [0.1, 0.15) is 6.04 Å². The number of carbonyl (C=O) groups excluding carboxylic acids is 1. The van der Waals surface area contributed by atoms with Crippen LogP contribution >= 0.6 is 0 Å². The van der Waals surface area contributed by atoms with Gasteiger partial charge in [0, 0.05) is 6.04 Å². The predicted molar refractivity (Wildman–Crippen MR) is 65.6 cm³/mol. The van der Waals surface area contributed by atoms with Crippen LogP contribution in [0.4, 0.5) is 13.2 Å². The highest BCUT2D eigenvalue weighted by Gasteiger charge is 2.46. The van der Waals surface area contributed by atoms with Crippen LogP contribution < -0.4 is 5.32 Å². The molecular weight excluding hydrogens is 259 g/mol. The van der Waals surface area contributed by atoms with E-state index in [1.54, 1.807) is 13.8 Å². The molecule has 3 atom stereocenters. The highest BCUT2D eigenvalue weighted by Crippen LogP contribution is 2.38. The maximum atomic E-state index is 13.0. The zero-order valence-electron chi connectivity index (χ0n) is 11.6. The summed E-state index contributed by atoms with van der Waals surface area (Å²) >= 11 is 0. The van der Waals surface area contributed by atoms with Crippen LogP contribution in [0.15, 0.2) is 0 Å². The van der Waals surface area contributed by atoms with E-state index in [2.05, 4.69) is 10.1 Å². The quantitative estimate of drug-likeness (QED) is 0.805. The lowest BCUT2D eigenvalue weighted by Gasteiger charge is -2.36. The van der Waals surface area contributed by atoms with Crippen LogP contribution in [-0.4, -0.2) is 31.3 Å². The van der Waals surface area contributed by atoms with Crippen molar-refractivity contribution in [3.05, 3.63) is 0 Å². The molecule has 0 spiro atoms. The molecule has 3 unspecified atom stereocenters. The summed E-state index contributed by atoms with van der Waals surface area (Å²) < 4.78 is 43.6. The summed E-state index contributed by atoms with van der Waals surface area (Å²) in [5.41, 5.74) is 0. The summed E-state index contributed by atoms with van der Waals surface area (Å²) in [6, 6.07) is -1.38. The van der Waals surface area contributed by atoms with E-state index in [-0.39, 0.29) is 12.3 Å². The Kier molecular flexibility index (Phi) is 5.64. The molecule has 0 aliphatic heterocycles. The minimum Gasteiger partial charge on any atom is -0.468 e. The van der Waals surface area contributed by atoms with Crippen LogP contribution in [-0.2, 0) is 9.53 Å². The summed E-state index contributed by atoms with van der Waals surface area (Å²) in [6.45, 7) is 3.58. The summed E-state index contributed by atoms with van der Waals surface area (Å²) in [7, 11) is 1.25. The van der Waals surface area contributed by atoms with Gasteiger partial charge in [-0.1, -0.05) is 26.7 Å². The van der Waals surface area contributed by atoms with Crippen LogP contribution in [0.3, 0.4) is 0 Å². The van der Waals surface area contributed by atoms with E-state index in [1.807, 2.05) is 0 Å². The number of hydrogen-bond acceptors (Lipinski definition) is 3. The van der Waals surface area contributed by atoms with Crippen molar-refractivity contribution in [3.63, 3.8) is 0 Å². The zero-order chi connectivity index (χ0) is 14.6. The van der Waals surface area contributed by atoms with Gasteiger partial charge in [0.05, 0.1) is 13.0 Å². The number of ether oxygens (including phenoxy) is 1. The Bertz CT molecular complexity index is 305. The minimum atomic E-state index is -4.21. The molecule has 3 nitrogen and oxygen atoms in total. The molecular formula is C13H22F3NO2. The summed E-state index contributed by atoms with van der Waals surface area (Å²) in [6.07, 6.45) is -2.28. The topological polar surface area (TPSA) is 38.3 Å². The van der Waals surface area contributed by atoms with Gasteiger partial charge >= 0.3 is 12.1 Å². The normalized spacial score (nSPS) is 26.3. The molecule has 1 N–H and O–H groups in total. The van der Waals surface area contributed by atoms with Gasteiger partial charge in [-0.2, -0.15) is 13.2 Å². The van der Waals surface area contributed by atoms with Gasteiger partial charge in [0.25, 0.3) is 0 Å². The van der Waals surface area contributed by atoms with Gasteiger partial charge in [-0.05, 0) is 18.8 Å². The van der Waals surface area contributed by atoms with Gasteiger partial charge < -0.3 is 10.1 Å². The molecule has 0 amide bonds. The van der Waals surface area contributed by atoms with Crippen LogP contribution in [0.25, 0.3) is 0 Å². The van der Waals surface area contributed by atoms with Crippen LogP contribution in [0.1, 0.15) is 39.5 Å². The highest BCUT2D eigenvalue weighted by atomic mass is 19.4. The molecule has 1 aliphatic rings. The third-order valence-electron chi connectivity index (χ3n) is 3.70. The second kappa shape index (κ2) is 6.59. The smallest absolute Gasteiger partial charge is 0.393 e. The number of methoxy groups -OCH3 is 1. The molecule has 6 heteroatoms. The molecule has 0 saturated heterocycles. The molecule has 0 aromatic heterocycles. The van der Waals surface area contributed by atoms with Gasteiger partial charge in [0.2, 0.25) is 0 Å². The van der Waals surface area contributed by atoms with Crippen molar-refractivity contribution in [1.29, 1.82) is 0 Å². The predicted octanol–water partition coefficient (Wildman–Crippen LogP) is 2.89. The molecule has 1 fully saturated rings. The highest BCUT2D eigenvalue weighted by molar-refractivity contribution is 5.76. The molecule has 1 rings (SSSR count). The SMILES string of the molecule is COC(=O)C(NC1CCCCC1C(F)(F)F)C(C)C. The maximum absolute atomic E-state index is 13.0. The second-order valence-corrected chi connectivity index (χ2v) is 5.45.